The number of nitrogens with one attached hydrogen (secondary N) is 1. The maximum atomic E-state index is 12.9. The van der Waals surface area contributed by atoms with E-state index in [1.807, 2.05) is 13.0 Å². The zero-order chi connectivity index (χ0) is 20.6. The third kappa shape index (κ3) is 3.71. The smallest absolute Gasteiger partial charge is 0.383 e. The van der Waals surface area contributed by atoms with Gasteiger partial charge in [0.25, 0.3) is 0 Å². The summed E-state index contributed by atoms with van der Waals surface area (Å²) in [4.78, 5) is 17.0. The molecule has 8 nitrogen and oxygen atoms in total. The van der Waals surface area contributed by atoms with Crippen LogP contribution in [-0.4, -0.2) is 37.2 Å². The van der Waals surface area contributed by atoms with Gasteiger partial charge in [-0.15, -0.1) is 5.10 Å². The average Bonchev–Trinajstić information content (AvgIpc) is 2.67. The number of fused-ring (bicyclic) bond motifs is 1. The standard InChI is InChI=1S/C18H15F3N8/c1-9-4-7-25-29-14(9)12-8-24-15-11(5-6-23-17(15)27-12)26-13-3-2-10(16(22)28-13)18(19,20)21/h4-8H,2-3,22H2,1H3,(H,23,26,27,28). The van der Waals surface area contributed by atoms with E-state index in [-0.39, 0.29) is 12.8 Å². The lowest BCUT2D eigenvalue weighted by atomic mass is 10.1. The monoisotopic (exact) mass is 400 g/mol. The molecule has 0 amide bonds. The largest absolute Gasteiger partial charge is 0.416 e. The van der Waals surface area contributed by atoms with E-state index in [2.05, 4.69) is 35.5 Å². The number of alkyl halides is 3. The summed E-state index contributed by atoms with van der Waals surface area (Å²) in [6.45, 7) is 1.88. The van der Waals surface area contributed by atoms with E-state index < -0.39 is 17.6 Å². The molecule has 3 aromatic rings. The summed E-state index contributed by atoms with van der Waals surface area (Å²) >= 11 is 0. The van der Waals surface area contributed by atoms with Crippen LogP contribution in [0.4, 0.5) is 18.9 Å². The number of pyridine rings is 1. The normalized spacial score (nSPS) is 14.8. The third-order valence-corrected chi connectivity index (χ3v) is 4.41. The molecule has 4 rings (SSSR count). The molecule has 11 heteroatoms. The first-order chi connectivity index (χ1) is 13.8. The highest BCUT2D eigenvalue weighted by atomic mass is 19.4. The highest BCUT2D eigenvalue weighted by Crippen LogP contribution is 2.33. The Morgan fingerprint density at radius 2 is 1.93 bits per heavy atom. The van der Waals surface area contributed by atoms with E-state index in [1.165, 1.54) is 6.20 Å². The molecule has 0 spiro atoms. The number of anilines is 1. The van der Waals surface area contributed by atoms with Gasteiger partial charge in [0.15, 0.2) is 5.65 Å². The van der Waals surface area contributed by atoms with Crippen molar-refractivity contribution >= 4 is 22.7 Å². The summed E-state index contributed by atoms with van der Waals surface area (Å²) in [5.74, 6) is -0.213. The molecule has 3 aromatic heterocycles. The van der Waals surface area contributed by atoms with Crippen molar-refractivity contribution in [3.05, 3.63) is 47.7 Å². The van der Waals surface area contributed by atoms with Crippen LogP contribution in [0.15, 0.2) is 47.1 Å². The number of nitrogens with zero attached hydrogens (tertiary/aromatic N) is 6. The fourth-order valence-electron chi connectivity index (χ4n) is 2.96. The molecule has 0 aromatic carbocycles. The van der Waals surface area contributed by atoms with E-state index in [4.69, 9.17) is 5.73 Å². The maximum absolute atomic E-state index is 12.9. The van der Waals surface area contributed by atoms with Crippen molar-refractivity contribution in [1.82, 2.24) is 25.1 Å². The molecule has 0 aliphatic carbocycles. The minimum absolute atomic E-state index is 0.0731. The second kappa shape index (κ2) is 7.08. The number of allylic oxidation sites excluding steroid dienone is 1. The van der Waals surface area contributed by atoms with Gasteiger partial charge in [0.1, 0.15) is 28.6 Å². The quantitative estimate of drug-likeness (QED) is 0.679. The van der Waals surface area contributed by atoms with Crippen molar-refractivity contribution in [3.8, 4) is 11.4 Å². The van der Waals surface area contributed by atoms with E-state index in [1.54, 1.807) is 18.5 Å². The number of hydrogen-bond acceptors (Lipinski definition) is 8. The molecule has 0 unspecified atom stereocenters. The van der Waals surface area contributed by atoms with Gasteiger partial charge in [0, 0.05) is 18.8 Å². The first-order valence-electron chi connectivity index (χ1n) is 8.64. The molecule has 0 atom stereocenters. The Kier molecular flexibility index (Phi) is 4.57. The lowest BCUT2D eigenvalue weighted by molar-refractivity contribution is -0.0949. The second-order valence-corrected chi connectivity index (χ2v) is 6.39. The first kappa shape index (κ1) is 18.7. The van der Waals surface area contributed by atoms with Gasteiger partial charge in [-0.2, -0.15) is 18.3 Å². The van der Waals surface area contributed by atoms with Crippen LogP contribution in [0.25, 0.3) is 22.6 Å². The fourth-order valence-corrected chi connectivity index (χ4v) is 2.96. The molecular weight excluding hydrogens is 385 g/mol. The predicted octanol–water partition coefficient (Wildman–Crippen LogP) is 3.13. The minimum Gasteiger partial charge on any atom is -0.383 e. The number of amidine groups is 1. The van der Waals surface area contributed by atoms with Crippen LogP contribution in [0.2, 0.25) is 0 Å². The van der Waals surface area contributed by atoms with Crippen LogP contribution in [0.3, 0.4) is 0 Å². The zero-order valence-corrected chi connectivity index (χ0v) is 15.2. The predicted molar refractivity (Wildman–Crippen MR) is 101 cm³/mol. The van der Waals surface area contributed by atoms with Crippen molar-refractivity contribution in [2.45, 2.75) is 25.9 Å². The van der Waals surface area contributed by atoms with Gasteiger partial charge in [-0.25, -0.2) is 19.9 Å². The van der Waals surface area contributed by atoms with E-state index in [0.717, 1.165) is 5.56 Å². The molecule has 1 aliphatic heterocycles. The number of hydrogen-bond donors (Lipinski definition) is 2. The summed E-state index contributed by atoms with van der Waals surface area (Å²) in [5.41, 5.74) is 8.01. The van der Waals surface area contributed by atoms with Gasteiger partial charge < -0.3 is 11.1 Å². The number of halogens is 3. The van der Waals surface area contributed by atoms with E-state index in [9.17, 15) is 13.2 Å². The Hall–Kier alpha value is -3.63. The lowest BCUT2D eigenvalue weighted by Gasteiger charge is -2.20. The van der Waals surface area contributed by atoms with Crippen molar-refractivity contribution in [3.63, 3.8) is 0 Å². The Morgan fingerprint density at radius 1 is 1.10 bits per heavy atom. The Bertz CT molecular complexity index is 1150. The zero-order valence-electron chi connectivity index (χ0n) is 15.2. The maximum Gasteiger partial charge on any atom is 0.416 e. The summed E-state index contributed by atoms with van der Waals surface area (Å²) in [7, 11) is 0. The van der Waals surface area contributed by atoms with Crippen molar-refractivity contribution in [2.24, 2.45) is 10.7 Å². The van der Waals surface area contributed by atoms with Crippen molar-refractivity contribution in [1.29, 1.82) is 0 Å². The average molecular weight is 400 g/mol. The highest BCUT2D eigenvalue weighted by Gasteiger charge is 2.37. The third-order valence-electron chi connectivity index (χ3n) is 4.41. The lowest BCUT2D eigenvalue weighted by Crippen LogP contribution is -2.25. The van der Waals surface area contributed by atoms with Gasteiger partial charge in [0.2, 0.25) is 0 Å². The highest BCUT2D eigenvalue weighted by molar-refractivity contribution is 6.02. The number of nitrogens with two attached hydrogens (primary N) is 1. The molecule has 0 saturated carbocycles. The first-order valence-corrected chi connectivity index (χ1v) is 8.64. The minimum atomic E-state index is -4.48. The summed E-state index contributed by atoms with van der Waals surface area (Å²) in [6.07, 6.45) is 0.00255. The number of rotatable bonds is 2. The molecule has 0 radical (unpaired) electrons. The van der Waals surface area contributed by atoms with Crippen LogP contribution in [0.5, 0.6) is 0 Å². The van der Waals surface area contributed by atoms with Gasteiger partial charge in [-0.05, 0) is 31.0 Å². The second-order valence-electron chi connectivity index (χ2n) is 6.39. The SMILES string of the molecule is Cc1ccnnc1-c1cnc2c(NC3=NC(N)=C(C(F)(F)F)CC3)ccnc2n1. The number of aliphatic imine (C=N–C) groups is 1. The Labute approximate surface area is 162 Å². The van der Waals surface area contributed by atoms with Gasteiger partial charge in [0.05, 0.1) is 17.5 Å². The summed E-state index contributed by atoms with van der Waals surface area (Å²) in [6, 6.07) is 3.46. The number of aryl methyl sites for hydroxylation is 1. The molecule has 3 N–H and O–H groups in total. The Morgan fingerprint density at radius 3 is 2.66 bits per heavy atom. The molecule has 0 fully saturated rings. The summed E-state index contributed by atoms with van der Waals surface area (Å²) < 4.78 is 38.7. The van der Waals surface area contributed by atoms with Crippen LogP contribution in [0.1, 0.15) is 18.4 Å². The van der Waals surface area contributed by atoms with Crippen molar-refractivity contribution < 1.29 is 13.2 Å². The molecule has 0 saturated heterocycles. The molecular formula is C18H15F3N8. The molecule has 4 heterocycles. The summed E-state index contributed by atoms with van der Waals surface area (Å²) in [5, 5.41) is 10.9. The van der Waals surface area contributed by atoms with E-state index >= 15 is 0 Å². The van der Waals surface area contributed by atoms with Crippen LogP contribution < -0.4 is 11.1 Å². The van der Waals surface area contributed by atoms with Gasteiger partial charge in [-0.1, -0.05) is 0 Å². The molecule has 29 heavy (non-hydrogen) atoms. The fraction of sp³-hybridized carbons (Fsp3) is 0.222. The molecule has 0 bridgehead atoms. The van der Waals surface area contributed by atoms with Crippen LogP contribution >= 0.6 is 0 Å². The van der Waals surface area contributed by atoms with Gasteiger partial charge in [-0.3, -0.25) is 0 Å². The van der Waals surface area contributed by atoms with Crippen LogP contribution in [-0.2, 0) is 0 Å². The molecule has 1 aliphatic rings. The topological polar surface area (TPSA) is 115 Å². The van der Waals surface area contributed by atoms with Gasteiger partial charge >= 0.3 is 6.18 Å². The van der Waals surface area contributed by atoms with Crippen molar-refractivity contribution in [2.75, 3.05) is 5.32 Å². The van der Waals surface area contributed by atoms with Crippen LogP contribution in [0, 0.1) is 6.92 Å². The number of aromatic nitrogens is 5. The molecule has 148 valence electrons. The van der Waals surface area contributed by atoms with E-state index in [0.29, 0.717) is 34.1 Å². The Balaban J connectivity index is 1.68.